The molecule has 2 rings (SSSR count). The summed E-state index contributed by atoms with van der Waals surface area (Å²) in [5, 5.41) is 7.03. The molecule has 3 atom stereocenters. The molecule has 1 amide bonds. The van der Waals surface area contributed by atoms with E-state index in [-0.39, 0.29) is 17.4 Å². The largest absolute Gasteiger partial charge is 0.332 e. The summed E-state index contributed by atoms with van der Waals surface area (Å²) in [7, 11) is 0. The van der Waals surface area contributed by atoms with E-state index in [2.05, 4.69) is 36.6 Å². The number of thioether (sulfide) groups is 1. The molecule has 1 aromatic carbocycles. The van der Waals surface area contributed by atoms with Crippen molar-refractivity contribution in [1.29, 1.82) is 0 Å². The van der Waals surface area contributed by atoms with Crippen molar-refractivity contribution in [2.45, 2.75) is 43.5 Å². The van der Waals surface area contributed by atoms with Gasteiger partial charge in [0.1, 0.15) is 5.50 Å². The van der Waals surface area contributed by atoms with E-state index >= 15 is 0 Å². The molecule has 0 saturated carbocycles. The van der Waals surface area contributed by atoms with Crippen molar-refractivity contribution in [3.8, 4) is 0 Å². The van der Waals surface area contributed by atoms with Crippen molar-refractivity contribution in [2.75, 3.05) is 0 Å². The van der Waals surface area contributed by atoms with E-state index in [1.54, 1.807) is 11.8 Å². The lowest BCUT2D eigenvalue weighted by Crippen LogP contribution is -2.51. The molecule has 0 aromatic heterocycles. The predicted molar refractivity (Wildman–Crippen MR) is 76.2 cm³/mol. The number of benzene rings is 1. The molecule has 0 spiro atoms. The highest BCUT2D eigenvalue weighted by Crippen LogP contribution is 2.25. The molecule has 3 nitrogen and oxygen atoms in total. The fraction of sp³-hybridized carbons (Fsp3) is 0.500. The van der Waals surface area contributed by atoms with Gasteiger partial charge >= 0.3 is 0 Å². The van der Waals surface area contributed by atoms with Crippen molar-refractivity contribution in [1.82, 2.24) is 10.6 Å². The second-order valence-corrected chi connectivity index (χ2v) is 6.18. The first-order chi connectivity index (χ1) is 8.69. The summed E-state index contributed by atoms with van der Waals surface area (Å²) in [6.45, 7) is 4.35. The quantitative estimate of drug-likeness (QED) is 0.878. The van der Waals surface area contributed by atoms with Crippen LogP contribution in [0.3, 0.4) is 0 Å². The van der Waals surface area contributed by atoms with Crippen LogP contribution in [-0.4, -0.2) is 16.7 Å². The van der Waals surface area contributed by atoms with Crippen LogP contribution in [0.25, 0.3) is 0 Å². The average molecular weight is 264 g/mol. The molecular weight excluding hydrogens is 244 g/mol. The number of hydrogen-bond donors (Lipinski definition) is 2. The van der Waals surface area contributed by atoms with Gasteiger partial charge in [-0.25, -0.2) is 0 Å². The SMILES string of the molecule is CCC(C)SC1NC(=O)CC(c2ccccc2)N1. The molecule has 98 valence electrons. The highest BCUT2D eigenvalue weighted by atomic mass is 32.2. The van der Waals surface area contributed by atoms with Crippen LogP contribution >= 0.6 is 11.8 Å². The maximum absolute atomic E-state index is 11.8. The lowest BCUT2D eigenvalue weighted by atomic mass is 10.0. The Bertz CT molecular complexity index is 396. The number of rotatable bonds is 4. The highest BCUT2D eigenvalue weighted by Gasteiger charge is 2.27. The van der Waals surface area contributed by atoms with Gasteiger partial charge in [-0.1, -0.05) is 44.2 Å². The first-order valence-electron chi connectivity index (χ1n) is 6.45. The second-order valence-electron chi connectivity index (χ2n) is 4.64. The molecule has 0 radical (unpaired) electrons. The van der Waals surface area contributed by atoms with Crippen molar-refractivity contribution < 1.29 is 4.79 Å². The average Bonchev–Trinajstić information content (AvgIpc) is 2.39. The normalized spacial score (nSPS) is 25.6. The Hall–Kier alpha value is -1.00. The maximum atomic E-state index is 11.8. The third kappa shape index (κ3) is 3.50. The lowest BCUT2D eigenvalue weighted by Gasteiger charge is -2.32. The Kier molecular flexibility index (Phi) is 4.66. The summed E-state index contributed by atoms with van der Waals surface area (Å²) in [5.74, 6) is 0.128. The summed E-state index contributed by atoms with van der Waals surface area (Å²) in [4.78, 5) is 11.8. The van der Waals surface area contributed by atoms with E-state index in [1.807, 2.05) is 18.2 Å². The van der Waals surface area contributed by atoms with E-state index in [9.17, 15) is 4.79 Å². The minimum absolute atomic E-state index is 0.0198. The van der Waals surface area contributed by atoms with Crippen molar-refractivity contribution in [2.24, 2.45) is 0 Å². The molecule has 18 heavy (non-hydrogen) atoms. The summed E-state index contributed by atoms with van der Waals surface area (Å²) >= 11 is 1.78. The molecule has 1 aliphatic rings. The van der Waals surface area contributed by atoms with Crippen LogP contribution in [0.5, 0.6) is 0 Å². The predicted octanol–water partition coefficient (Wildman–Crippen LogP) is 2.65. The van der Waals surface area contributed by atoms with Crippen LogP contribution < -0.4 is 10.6 Å². The molecule has 1 heterocycles. The summed E-state index contributed by atoms with van der Waals surface area (Å²) < 4.78 is 0. The van der Waals surface area contributed by atoms with Crippen LogP contribution in [0, 0.1) is 0 Å². The van der Waals surface area contributed by atoms with Gasteiger partial charge in [-0.05, 0) is 12.0 Å². The van der Waals surface area contributed by atoms with Gasteiger partial charge in [0.05, 0.1) is 0 Å². The Labute approximate surface area is 113 Å². The van der Waals surface area contributed by atoms with E-state index in [0.29, 0.717) is 11.7 Å². The molecule has 4 heteroatoms. The Morgan fingerprint density at radius 3 is 2.78 bits per heavy atom. The second kappa shape index (κ2) is 6.25. The lowest BCUT2D eigenvalue weighted by molar-refractivity contribution is -0.123. The zero-order valence-corrected chi connectivity index (χ0v) is 11.7. The fourth-order valence-corrected chi connectivity index (χ4v) is 3.07. The number of carbonyl (C=O) groups is 1. The number of amides is 1. The van der Waals surface area contributed by atoms with E-state index in [1.165, 1.54) is 5.56 Å². The van der Waals surface area contributed by atoms with Crippen LogP contribution in [-0.2, 0) is 4.79 Å². The molecule has 1 saturated heterocycles. The van der Waals surface area contributed by atoms with Crippen molar-refractivity contribution in [3.05, 3.63) is 35.9 Å². The van der Waals surface area contributed by atoms with Crippen LogP contribution in [0.1, 0.15) is 38.3 Å². The van der Waals surface area contributed by atoms with Crippen LogP contribution in [0.2, 0.25) is 0 Å². The van der Waals surface area contributed by atoms with Gasteiger partial charge in [-0.15, -0.1) is 11.8 Å². The topological polar surface area (TPSA) is 41.1 Å². The molecule has 1 fully saturated rings. The number of hydrogen-bond acceptors (Lipinski definition) is 3. The fourth-order valence-electron chi connectivity index (χ4n) is 1.98. The smallest absolute Gasteiger partial charge is 0.223 e. The molecule has 0 aliphatic carbocycles. The van der Waals surface area contributed by atoms with E-state index in [4.69, 9.17) is 0 Å². The van der Waals surface area contributed by atoms with Gasteiger partial charge in [-0.3, -0.25) is 10.1 Å². The highest BCUT2D eigenvalue weighted by molar-refractivity contribution is 8.00. The maximum Gasteiger partial charge on any atom is 0.223 e. The third-order valence-corrected chi connectivity index (χ3v) is 4.50. The molecule has 1 aromatic rings. The Balaban J connectivity index is 2.03. The van der Waals surface area contributed by atoms with Gasteiger partial charge in [0.15, 0.2) is 0 Å². The van der Waals surface area contributed by atoms with Crippen LogP contribution in [0.15, 0.2) is 30.3 Å². The van der Waals surface area contributed by atoms with E-state index in [0.717, 1.165) is 6.42 Å². The molecule has 3 unspecified atom stereocenters. The minimum atomic E-state index is 0.0198. The summed E-state index contributed by atoms with van der Waals surface area (Å²) in [5.41, 5.74) is 1.20. The van der Waals surface area contributed by atoms with E-state index < -0.39 is 0 Å². The Morgan fingerprint density at radius 2 is 2.11 bits per heavy atom. The van der Waals surface area contributed by atoms with Crippen molar-refractivity contribution >= 4 is 17.7 Å². The van der Waals surface area contributed by atoms with Crippen LogP contribution in [0.4, 0.5) is 0 Å². The minimum Gasteiger partial charge on any atom is -0.332 e. The van der Waals surface area contributed by atoms with Crippen molar-refractivity contribution in [3.63, 3.8) is 0 Å². The Morgan fingerprint density at radius 1 is 1.39 bits per heavy atom. The van der Waals surface area contributed by atoms with Gasteiger partial charge < -0.3 is 5.32 Å². The molecule has 1 aliphatic heterocycles. The third-order valence-electron chi connectivity index (χ3n) is 3.18. The number of nitrogens with one attached hydrogen (secondary N) is 2. The first-order valence-corrected chi connectivity index (χ1v) is 7.39. The zero-order valence-electron chi connectivity index (χ0n) is 10.8. The van der Waals surface area contributed by atoms with Gasteiger partial charge in [-0.2, -0.15) is 0 Å². The van der Waals surface area contributed by atoms with Gasteiger partial charge in [0.25, 0.3) is 0 Å². The summed E-state index contributed by atoms with van der Waals surface area (Å²) in [6, 6.07) is 10.3. The summed E-state index contributed by atoms with van der Waals surface area (Å²) in [6.07, 6.45) is 1.62. The monoisotopic (exact) mass is 264 g/mol. The van der Waals surface area contributed by atoms with Gasteiger partial charge in [0, 0.05) is 17.7 Å². The molecular formula is C14H20N2OS. The zero-order chi connectivity index (χ0) is 13.0. The first kappa shape index (κ1) is 13.4. The molecule has 2 N–H and O–H groups in total. The standard InChI is InChI=1S/C14H20N2OS/c1-3-10(2)18-14-15-12(9-13(17)16-14)11-7-5-4-6-8-11/h4-8,10,12,14-15H,3,9H2,1-2H3,(H,16,17). The van der Waals surface area contributed by atoms with Gasteiger partial charge in [0.2, 0.25) is 5.91 Å². The molecule has 0 bridgehead atoms. The number of carbonyl (C=O) groups excluding carboxylic acids is 1.